The zero-order valence-electron chi connectivity index (χ0n) is 16.2. The molecule has 0 bridgehead atoms. The van der Waals surface area contributed by atoms with E-state index in [4.69, 9.17) is 4.74 Å². The van der Waals surface area contributed by atoms with Crippen LogP contribution in [0.15, 0.2) is 18.3 Å². The van der Waals surface area contributed by atoms with E-state index >= 15 is 0 Å². The summed E-state index contributed by atoms with van der Waals surface area (Å²) in [7, 11) is 3.20. The molecule has 0 atom stereocenters. The molecule has 0 unspecified atom stereocenters. The Balaban J connectivity index is 1.99. The van der Waals surface area contributed by atoms with E-state index in [1.807, 2.05) is 0 Å². The highest BCUT2D eigenvalue weighted by Gasteiger charge is 2.26. The van der Waals surface area contributed by atoms with Gasteiger partial charge in [0, 0.05) is 43.7 Å². The lowest BCUT2D eigenvalue weighted by Crippen LogP contribution is -2.27. The van der Waals surface area contributed by atoms with Crippen molar-refractivity contribution < 1.29 is 19.1 Å². The van der Waals surface area contributed by atoms with Crippen molar-refractivity contribution in [3.63, 3.8) is 0 Å². The van der Waals surface area contributed by atoms with Crippen molar-refractivity contribution in [3.8, 4) is 5.75 Å². The molecule has 2 amide bonds. The van der Waals surface area contributed by atoms with Gasteiger partial charge in [0.1, 0.15) is 11.5 Å². The molecule has 1 aliphatic rings. The Kier molecular flexibility index (Phi) is 5.77. The molecular formula is C20H24N4O4. The minimum Gasteiger partial charge on any atom is -0.496 e. The maximum absolute atomic E-state index is 12.6. The maximum Gasteiger partial charge on any atom is 0.255 e. The van der Waals surface area contributed by atoms with Gasteiger partial charge in [-0.1, -0.05) is 0 Å². The van der Waals surface area contributed by atoms with Gasteiger partial charge in [-0.05, 0) is 25.8 Å². The smallest absolute Gasteiger partial charge is 0.255 e. The van der Waals surface area contributed by atoms with Gasteiger partial charge in [-0.15, -0.1) is 0 Å². The fourth-order valence-electron chi connectivity index (χ4n) is 2.95. The number of benzene rings is 1. The Bertz CT molecular complexity index is 937. The summed E-state index contributed by atoms with van der Waals surface area (Å²) in [4.78, 5) is 40.6. The molecule has 0 saturated heterocycles. The maximum atomic E-state index is 12.6. The van der Waals surface area contributed by atoms with E-state index in [9.17, 15) is 14.4 Å². The molecule has 3 rings (SSSR count). The standard InChI is InChI=1S/C20H24N4O4/c1-11(25)6-7-22-19(26)14-8-13-16(9-17(14)28-3)23-10-15(18(13)21-2)20(27)24-12-4-5-12/h8-10,12H,4-7H2,1-3H3,(H,21,23)(H,22,26)(H,24,27). The number of anilines is 1. The lowest BCUT2D eigenvalue weighted by Gasteiger charge is -2.15. The fraction of sp³-hybridized carbons (Fsp3) is 0.400. The average Bonchev–Trinajstić information content (AvgIpc) is 3.49. The predicted molar refractivity (Wildman–Crippen MR) is 106 cm³/mol. The van der Waals surface area contributed by atoms with Crippen LogP contribution in [0.25, 0.3) is 10.9 Å². The number of methoxy groups -OCH3 is 1. The number of nitrogens with zero attached hydrogens (tertiary/aromatic N) is 1. The number of carbonyl (C=O) groups is 3. The van der Waals surface area contributed by atoms with E-state index in [2.05, 4.69) is 20.9 Å². The van der Waals surface area contributed by atoms with Gasteiger partial charge in [0.2, 0.25) is 0 Å². The van der Waals surface area contributed by atoms with Crippen LogP contribution < -0.4 is 20.7 Å². The van der Waals surface area contributed by atoms with Gasteiger partial charge in [-0.25, -0.2) is 0 Å². The first kappa shape index (κ1) is 19.6. The molecule has 3 N–H and O–H groups in total. The van der Waals surface area contributed by atoms with E-state index in [1.165, 1.54) is 20.2 Å². The van der Waals surface area contributed by atoms with Gasteiger partial charge in [-0.2, -0.15) is 0 Å². The number of aromatic nitrogens is 1. The summed E-state index contributed by atoms with van der Waals surface area (Å²) in [5.74, 6) is -0.171. The van der Waals surface area contributed by atoms with Gasteiger partial charge in [0.05, 0.1) is 29.4 Å². The molecule has 1 heterocycles. The van der Waals surface area contributed by atoms with Crippen molar-refractivity contribution in [1.29, 1.82) is 0 Å². The van der Waals surface area contributed by atoms with Crippen molar-refractivity contribution in [2.24, 2.45) is 0 Å². The topological polar surface area (TPSA) is 109 Å². The summed E-state index contributed by atoms with van der Waals surface area (Å²) >= 11 is 0. The number of fused-ring (bicyclic) bond motifs is 1. The number of nitrogens with one attached hydrogen (secondary N) is 3. The second-order valence-corrected chi connectivity index (χ2v) is 6.82. The van der Waals surface area contributed by atoms with Crippen LogP contribution in [0.4, 0.5) is 5.69 Å². The summed E-state index contributed by atoms with van der Waals surface area (Å²) in [6.07, 6.45) is 3.77. The second-order valence-electron chi connectivity index (χ2n) is 6.82. The number of Topliss-reactive ketones (excluding diaryl/α,β-unsaturated/α-hetero) is 1. The van der Waals surface area contributed by atoms with Gasteiger partial charge in [0.25, 0.3) is 11.8 Å². The molecule has 0 radical (unpaired) electrons. The van der Waals surface area contributed by atoms with Crippen LogP contribution in [-0.4, -0.2) is 49.3 Å². The molecule has 1 aliphatic carbocycles. The molecule has 28 heavy (non-hydrogen) atoms. The molecule has 8 heteroatoms. The number of hydrogen-bond acceptors (Lipinski definition) is 6. The Hall–Kier alpha value is -3.16. The third kappa shape index (κ3) is 4.21. The van der Waals surface area contributed by atoms with Crippen LogP contribution in [-0.2, 0) is 4.79 Å². The number of pyridine rings is 1. The molecule has 0 aliphatic heterocycles. The molecule has 1 aromatic heterocycles. The highest BCUT2D eigenvalue weighted by molar-refractivity contribution is 6.10. The molecule has 148 valence electrons. The van der Waals surface area contributed by atoms with Gasteiger partial charge in [-0.3, -0.25) is 19.4 Å². The van der Waals surface area contributed by atoms with Crippen molar-refractivity contribution >= 4 is 34.2 Å². The summed E-state index contributed by atoms with van der Waals surface area (Å²) in [5.41, 5.74) is 1.94. The summed E-state index contributed by atoms with van der Waals surface area (Å²) in [5, 5.41) is 9.37. The zero-order valence-corrected chi connectivity index (χ0v) is 16.2. The van der Waals surface area contributed by atoms with Crippen molar-refractivity contribution in [3.05, 3.63) is 29.5 Å². The Labute approximate surface area is 163 Å². The molecule has 8 nitrogen and oxygen atoms in total. The van der Waals surface area contributed by atoms with Crippen LogP contribution in [0.2, 0.25) is 0 Å². The molecule has 0 spiro atoms. The largest absolute Gasteiger partial charge is 0.496 e. The van der Waals surface area contributed by atoms with E-state index in [0.29, 0.717) is 33.5 Å². The van der Waals surface area contributed by atoms with Crippen LogP contribution in [0, 0.1) is 0 Å². The van der Waals surface area contributed by atoms with Gasteiger partial charge < -0.3 is 20.7 Å². The lowest BCUT2D eigenvalue weighted by atomic mass is 10.0. The average molecular weight is 384 g/mol. The summed E-state index contributed by atoms with van der Waals surface area (Å²) in [6.45, 7) is 1.72. The monoisotopic (exact) mass is 384 g/mol. The third-order valence-corrected chi connectivity index (χ3v) is 4.60. The number of carbonyl (C=O) groups excluding carboxylic acids is 3. The number of ether oxygens (including phenoxy) is 1. The first-order valence-electron chi connectivity index (χ1n) is 9.21. The first-order chi connectivity index (χ1) is 13.4. The Morgan fingerprint density at radius 3 is 2.54 bits per heavy atom. The molecule has 1 aromatic carbocycles. The highest BCUT2D eigenvalue weighted by atomic mass is 16.5. The minimum absolute atomic E-state index is 0.00115. The number of hydrogen-bond donors (Lipinski definition) is 3. The van der Waals surface area contributed by atoms with E-state index < -0.39 is 0 Å². The van der Waals surface area contributed by atoms with Gasteiger partial charge in [0.15, 0.2) is 0 Å². The lowest BCUT2D eigenvalue weighted by molar-refractivity contribution is -0.116. The fourth-order valence-corrected chi connectivity index (χ4v) is 2.95. The van der Waals surface area contributed by atoms with Crippen molar-refractivity contribution in [1.82, 2.24) is 15.6 Å². The van der Waals surface area contributed by atoms with Gasteiger partial charge >= 0.3 is 0 Å². The molecular weight excluding hydrogens is 360 g/mol. The van der Waals surface area contributed by atoms with E-state index in [0.717, 1.165) is 12.8 Å². The van der Waals surface area contributed by atoms with Crippen molar-refractivity contribution in [2.45, 2.75) is 32.2 Å². The molecule has 1 saturated carbocycles. The third-order valence-electron chi connectivity index (χ3n) is 4.60. The number of ketones is 1. The quantitative estimate of drug-likeness (QED) is 0.641. The normalized spacial score (nSPS) is 13.1. The number of rotatable bonds is 8. The number of amides is 2. The predicted octanol–water partition coefficient (Wildman–Crippen LogP) is 1.89. The van der Waals surface area contributed by atoms with Crippen LogP contribution in [0.5, 0.6) is 5.75 Å². The van der Waals surface area contributed by atoms with E-state index in [1.54, 1.807) is 19.2 Å². The van der Waals surface area contributed by atoms with Crippen LogP contribution in [0.3, 0.4) is 0 Å². The van der Waals surface area contributed by atoms with Crippen LogP contribution >= 0.6 is 0 Å². The second kappa shape index (κ2) is 8.24. The summed E-state index contributed by atoms with van der Waals surface area (Å²) < 4.78 is 5.35. The Morgan fingerprint density at radius 1 is 1.18 bits per heavy atom. The van der Waals surface area contributed by atoms with Crippen molar-refractivity contribution in [2.75, 3.05) is 26.0 Å². The SMILES string of the molecule is CNc1c(C(=O)NC2CC2)cnc2cc(OC)c(C(=O)NCCC(C)=O)cc12. The Morgan fingerprint density at radius 2 is 1.93 bits per heavy atom. The van der Waals surface area contributed by atoms with E-state index in [-0.39, 0.29) is 36.6 Å². The first-order valence-corrected chi connectivity index (χ1v) is 9.21. The minimum atomic E-state index is -0.352. The summed E-state index contributed by atoms with van der Waals surface area (Å²) in [6, 6.07) is 3.55. The molecule has 1 fully saturated rings. The molecule has 2 aromatic rings. The zero-order chi connectivity index (χ0) is 20.3. The van der Waals surface area contributed by atoms with Crippen LogP contribution in [0.1, 0.15) is 46.9 Å². The highest BCUT2D eigenvalue weighted by Crippen LogP contribution is 2.32.